The highest BCUT2D eigenvalue weighted by atomic mass is 32.2. The fraction of sp³-hybridized carbons (Fsp3) is 0.250. The van der Waals surface area contributed by atoms with Crippen LogP contribution < -0.4 is 11.1 Å². The van der Waals surface area contributed by atoms with Gasteiger partial charge in [0, 0.05) is 4.90 Å². The minimum absolute atomic E-state index is 0.0575. The molecule has 1 unspecified atom stereocenters. The molecule has 0 radical (unpaired) electrons. The minimum atomic E-state index is -0.328. The number of anilines is 1. The molecule has 19 heavy (non-hydrogen) atoms. The number of carbonyl (C=O) groups is 1. The molecule has 0 bridgehead atoms. The van der Waals surface area contributed by atoms with Crippen molar-refractivity contribution < 1.29 is 4.79 Å². The maximum absolute atomic E-state index is 11.9. The Labute approximate surface area is 115 Å². The minimum Gasteiger partial charge on any atom is -0.366 e. The number of thioether (sulfide) groups is 1. The lowest BCUT2D eigenvalue weighted by Crippen LogP contribution is -2.27. The lowest BCUT2D eigenvalue weighted by molar-refractivity contribution is 0.0930. The smallest absolute Gasteiger partial charge is 0.289 e. The second-order valence-electron chi connectivity index (χ2n) is 4.01. The number of nitrogens with two attached hydrogens (primary N) is 1. The van der Waals surface area contributed by atoms with Crippen molar-refractivity contribution in [3.63, 3.8) is 0 Å². The number of H-pyrrole nitrogens is 1. The average molecular weight is 277 g/mol. The number of nitrogens with zero attached hydrogens (tertiary/aromatic N) is 2. The van der Waals surface area contributed by atoms with Gasteiger partial charge >= 0.3 is 0 Å². The van der Waals surface area contributed by atoms with E-state index in [1.807, 2.05) is 37.4 Å². The van der Waals surface area contributed by atoms with Crippen molar-refractivity contribution in [2.75, 3.05) is 12.0 Å². The molecule has 0 saturated carbocycles. The molecule has 100 valence electrons. The lowest BCUT2D eigenvalue weighted by atomic mass is 10.1. The fourth-order valence-electron chi connectivity index (χ4n) is 1.62. The molecule has 0 aliphatic carbocycles. The summed E-state index contributed by atoms with van der Waals surface area (Å²) in [5.41, 5.74) is 6.38. The van der Waals surface area contributed by atoms with Crippen molar-refractivity contribution in [1.82, 2.24) is 20.5 Å². The van der Waals surface area contributed by atoms with Crippen molar-refractivity contribution in [3.05, 3.63) is 35.7 Å². The Morgan fingerprint density at radius 2 is 2.11 bits per heavy atom. The Morgan fingerprint density at radius 3 is 2.63 bits per heavy atom. The number of rotatable bonds is 4. The quantitative estimate of drug-likeness (QED) is 0.738. The number of aromatic amines is 1. The van der Waals surface area contributed by atoms with E-state index in [2.05, 4.69) is 20.5 Å². The molecule has 0 aliphatic heterocycles. The topological polar surface area (TPSA) is 96.7 Å². The molecular formula is C12H15N5OS. The third-order valence-electron chi connectivity index (χ3n) is 2.68. The third kappa shape index (κ3) is 3.25. The van der Waals surface area contributed by atoms with Crippen LogP contribution in [0.2, 0.25) is 0 Å². The van der Waals surface area contributed by atoms with Crippen LogP contribution in [-0.2, 0) is 0 Å². The van der Waals surface area contributed by atoms with E-state index < -0.39 is 0 Å². The Balaban J connectivity index is 2.03. The summed E-state index contributed by atoms with van der Waals surface area (Å²) in [4.78, 5) is 16.8. The van der Waals surface area contributed by atoms with E-state index in [4.69, 9.17) is 5.73 Å². The highest BCUT2D eigenvalue weighted by Gasteiger charge is 2.14. The van der Waals surface area contributed by atoms with E-state index in [0.717, 1.165) is 5.56 Å². The maximum atomic E-state index is 11.9. The van der Waals surface area contributed by atoms with Gasteiger partial charge < -0.3 is 11.1 Å². The Morgan fingerprint density at radius 1 is 1.42 bits per heavy atom. The SMILES string of the molecule is CSc1ccc(C(C)NC(=O)c2nc(N)n[nH]2)cc1. The maximum Gasteiger partial charge on any atom is 0.289 e. The summed E-state index contributed by atoms with van der Waals surface area (Å²) in [5.74, 6) is -0.155. The number of benzene rings is 1. The Kier molecular flexibility index (Phi) is 4.06. The van der Waals surface area contributed by atoms with Gasteiger partial charge in [-0.1, -0.05) is 12.1 Å². The summed E-state index contributed by atoms with van der Waals surface area (Å²) in [5, 5.41) is 8.93. The first-order valence-corrected chi connectivity index (χ1v) is 6.95. The van der Waals surface area contributed by atoms with E-state index >= 15 is 0 Å². The largest absolute Gasteiger partial charge is 0.366 e. The van der Waals surface area contributed by atoms with Gasteiger partial charge in [0.15, 0.2) is 0 Å². The van der Waals surface area contributed by atoms with Crippen LogP contribution in [0, 0.1) is 0 Å². The number of nitrogen functional groups attached to an aromatic ring is 1. The average Bonchev–Trinajstić information content (AvgIpc) is 2.85. The Bertz CT molecular complexity index is 566. The van der Waals surface area contributed by atoms with Gasteiger partial charge in [0.1, 0.15) is 0 Å². The van der Waals surface area contributed by atoms with Gasteiger partial charge in [-0.3, -0.25) is 9.89 Å². The molecule has 2 aromatic rings. The third-order valence-corrected chi connectivity index (χ3v) is 3.42. The molecule has 0 saturated heterocycles. The van der Waals surface area contributed by atoms with Crippen LogP contribution in [0.4, 0.5) is 5.95 Å². The van der Waals surface area contributed by atoms with Gasteiger partial charge in [-0.2, -0.15) is 4.98 Å². The number of hydrogen-bond acceptors (Lipinski definition) is 5. The normalized spacial score (nSPS) is 12.1. The zero-order chi connectivity index (χ0) is 13.8. The summed E-state index contributed by atoms with van der Waals surface area (Å²) in [7, 11) is 0. The molecule has 1 heterocycles. The molecule has 1 atom stereocenters. The van der Waals surface area contributed by atoms with Crippen molar-refractivity contribution in [2.45, 2.75) is 17.9 Å². The first-order valence-electron chi connectivity index (χ1n) is 5.73. The predicted octanol–water partition coefficient (Wildman–Crippen LogP) is 1.60. The molecule has 7 heteroatoms. The molecule has 4 N–H and O–H groups in total. The Hall–Kier alpha value is -2.02. The van der Waals surface area contributed by atoms with Gasteiger partial charge in [-0.05, 0) is 30.9 Å². The van der Waals surface area contributed by atoms with Crippen LogP contribution in [0.5, 0.6) is 0 Å². The van der Waals surface area contributed by atoms with Gasteiger partial charge in [0.05, 0.1) is 6.04 Å². The van der Waals surface area contributed by atoms with E-state index in [-0.39, 0.29) is 23.7 Å². The summed E-state index contributed by atoms with van der Waals surface area (Å²) >= 11 is 1.68. The molecule has 1 aromatic carbocycles. The summed E-state index contributed by atoms with van der Waals surface area (Å²) in [6.07, 6.45) is 2.02. The molecular weight excluding hydrogens is 262 g/mol. The van der Waals surface area contributed by atoms with Crippen LogP contribution in [0.1, 0.15) is 29.1 Å². The number of hydrogen-bond donors (Lipinski definition) is 3. The van der Waals surface area contributed by atoms with E-state index in [9.17, 15) is 4.79 Å². The predicted molar refractivity (Wildman–Crippen MR) is 74.9 cm³/mol. The van der Waals surface area contributed by atoms with E-state index in [1.165, 1.54) is 4.90 Å². The van der Waals surface area contributed by atoms with Crippen molar-refractivity contribution in [3.8, 4) is 0 Å². The van der Waals surface area contributed by atoms with Crippen LogP contribution >= 0.6 is 11.8 Å². The fourth-order valence-corrected chi connectivity index (χ4v) is 2.03. The highest BCUT2D eigenvalue weighted by molar-refractivity contribution is 7.98. The van der Waals surface area contributed by atoms with Crippen LogP contribution in [0.25, 0.3) is 0 Å². The highest BCUT2D eigenvalue weighted by Crippen LogP contribution is 2.19. The number of nitrogens with one attached hydrogen (secondary N) is 2. The second-order valence-corrected chi connectivity index (χ2v) is 4.89. The molecule has 0 aliphatic rings. The standard InChI is InChI=1S/C12H15N5OS/c1-7(8-3-5-9(19-2)6-4-8)14-11(18)10-15-12(13)17-16-10/h3-7H,1-2H3,(H,14,18)(H3,13,15,16,17). The number of carbonyl (C=O) groups excluding carboxylic acids is 1. The van der Waals surface area contributed by atoms with Crippen LogP contribution in [-0.4, -0.2) is 27.3 Å². The van der Waals surface area contributed by atoms with E-state index in [1.54, 1.807) is 11.8 Å². The van der Waals surface area contributed by atoms with Gasteiger partial charge in [-0.25, -0.2) is 0 Å². The summed E-state index contributed by atoms with van der Waals surface area (Å²) in [6.45, 7) is 1.91. The monoisotopic (exact) mass is 277 g/mol. The molecule has 6 nitrogen and oxygen atoms in total. The molecule has 0 fully saturated rings. The lowest BCUT2D eigenvalue weighted by Gasteiger charge is -2.13. The van der Waals surface area contributed by atoms with Crippen molar-refractivity contribution in [1.29, 1.82) is 0 Å². The zero-order valence-electron chi connectivity index (χ0n) is 10.7. The van der Waals surface area contributed by atoms with Gasteiger partial charge in [0.2, 0.25) is 11.8 Å². The molecule has 2 rings (SSSR count). The van der Waals surface area contributed by atoms with E-state index in [0.29, 0.717) is 0 Å². The molecule has 1 amide bonds. The second kappa shape index (κ2) is 5.75. The first-order chi connectivity index (χ1) is 9.10. The van der Waals surface area contributed by atoms with Gasteiger partial charge in [-0.15, -0.1) is 16.9 Å². The van der Waals surface area contributed by atoms with Crippen molar-refractivity contribution in [2.24, 2.45) is 0 Å². The summed E-state index contributed by atoms with van der Waals surface area (Å²) < 4.78 is 0. The molecule has 1 aromatic heterocycles. The van der Waals surface area contributed by atoms with Gasteiger partial charge in [0.25, 0.3) is 5.91 Å². The first kappa shape index (κ1) is 13.4. The van der Waals surface area contributed by atoms with Crippen LogP contribution in [0.3, 0.4) is 0 Å². The summed E-state index contributed by atoms with van der Waals surface area (Å²) in [6, 6.07) is 7.91. The van der Waals surface area contributed by atoms with Crippen molar-refractivity contribution >= 4 is 23.6 Å². The van der Waals surface area contributed by atoms with Crippen LogP contribution in [0.15, 0.2) is 29.2 Å². The number of aromatic nitrogens is 3. The number of amides is 1. The molecule has 0 spiro atoms. The zero-order valence-corrected chi connectivity index (χ0v) is 11.5.